The third-order valence-corrected chi connectivity index (χ3v) is 6.28. The Hall–Kier alpha value is -0.360. The number of piperidine rings is 1. The summed E-state index contributed by atoms with van der Waals surface area (Å²) in [6, 6.07) is 0. The minimum atomic E-state index is -4.21. The molecule has 2 heterocycles. The van der Waals surface area contributed by atoms with E-state index in [1.54, 1.807) is 13.8 Å². The lowest BCUT2D eigenvalue weighted by molar-refractivity contribution is -0.234. The number of hydrogen-bond donors (Lipinski definition) is 1. The summed E-state index contributed by atoms with van der Waals surface area (Å²) in [5.41, 5.74) is -3.60. The summed E-state index contributed by atoms with van der Waals surface area (Å²) < 4.78 is 56.1. The van der Waals surface area contributed by atoms with Crippen LogP contribution in [-0.2, 0) is 0 Å². The fraction of sp³-hybridized carbons (Fsp3) is 1.00. The highest BCUT2D eigenvalue weighted by Crippen LogP contribution is 2.51. The zero-order valence-corrected chi connectivity index (χ0v) is 14.7. The molecule has 2 aliphatic heterocycles. The van der Waals surface area contributed by atoms with Crippen molar-refractivity contribution in [2.75, 3.05) is 32.7 Å². The van der Waals surface area contributed by atoms with Crippen molar-refractivity contribution in [2.24, 2.45) is 16.7 Å². The van der Waals surface area contributed by atoms with Crippen molar-refractivity contribution < 1.29 is 17.6 Å². The van der Waals surface area contributed by atoms with Gasteiger partial charge in [0.15, 0.2) is 0 Å². The summed E-state index contributed by atoms with van der Waals surface area (Å²) in [5, 5.41) is 3.15. The van der Waals surface area contributed by atoms with Gasteiger partial charge in [-0.1, -0.05) is 27.7 Å². The average Bonchev–Trinajstić information content (AvgIpc) is 2.83. The third kappa shape index (κ3) is 3.39. The number of hydrogen-bond acceptors (Lipinski definition) is 2. The van der Waals surface area contributed by atoms with Crippen molar-refractivity contribution in [3.05, 3.63) is 0 Å². The van der Waals surface area contributed by atoms with E-state index in [1.807, 2.05) is 18.7 Å². The van der Waals surface area contributed by atoms with Gasteiger partial charge in [0.1, 0.15) is 5.67 Å². The topological polar surface area (TPSA) is 15.3 Å². The van der Waals surface area contributed by atoms with Crippen LogP contribution in [-0.4, -0.2) is 49.5 Å². The molecule has 2 rings (SSSR count). The molecule has 0 saturated carbocycles. The molecule has 2 fully saturated rings. The molecule has 1 N–H and O–H groups in total. The highest BCUT2D eigenvalue weighted by Gasteiger charge is 2.60. The smallest absolute Gasteiger partial charge is 0.316 e. The standard InChI is InChI=1S/C17H30F4N2/c1-13(2)15(17(19,20)21)7-10-23(12-15)11-14(3,4)16(18)5-8-22-9-6-16/h13,22H,5-12H2,1-4H3. The second-order valence-corrected chi connectivity index (χ2v) is 8.37. The van der Waals surface area contributed by atoms with Crippen molar-refractivity contribution in [2.45, 2.75) is 58.8 Å². The minimum absolute atomic E-state index is 0.00801. The van der Waals surface area contributed by atoms with Crippen LogP contribution in [0.4, 0.5) is 17.6 Å². The largest absolute Gasteiger partial charge is 0.396 e. The van der Waals surface area contributed by atoms with Gasteiger partial charge in [-0.25, -0.2) is 4.39 Å². The van der Waals surface area contributed by atoms with Gasteiger partial charge in [0, 0.05) is 18.5 Å². The highest BCUT2D eigenvalue weighted by molar-refractivity contribution is 5.02. The maximum Gasteiger partial charge on any atom is 0.396 e. The molecule has 2 nitrogen and oxygen atoms in total. The number of halogens is 4. The number of nitrogens with one attached hydrogen (secondary N) is 1. The Labute approximate surface area is 137 Å². The van der Waals surface area contributed by atoms with E-state index in [0.717, 1.165) is 0 Å². The first-order valence-corrected chi connectivity index (χ1v) is 8.62. The zero-order chi connectivity index (χ0) is 17.5. The minimum Gasteiger partial charge on any atom is -0.316 e. The normalized spacial score (nSPS) is 30.1. The Morgan fingerprint density at radius 1 is 1.09 bits per heavy atom. The lowest BCUT2D eigenvalue weighted by Gasteiger charge is -2.45. The maximum absolute atomic E-state index is 15.3. The van der Waals surface area contributed by atoms with Crippen molar-refractivity contribution in [1.29, 1.82) is 0 Å². The van der Waals surface area contributed by atoms with Crippen LogP contribution in [0.2, 0.25) is 0 Å². The predicted molar refractivity (Wildman–Crippen MR) is 84.1 cm³/mol. The third-order valence-electron chi connectivity index (χ3n) is 6.28. The lowest BCUT2D eigenvalue weighted by atomic mass is 9.70. The van der Waals surface area contributed by atoms with Crippen LogP contribution in [0.3, 0.4) is 0 Å². The van der Waals surface area contributed by atoms with E-state index in [-0.39, 0.29) is 13.0 Å². The summed E-state index contributed by atoms with van der Waals surface area (Å²) in [6.07, 6.45) is -3.22. The fourth-order valence-corrected chi connectivity index (χ4v) is 4.28. The zero-order valence-electron chi connectivity index (χ0n) is 14.7. The van der Waals surface area contributed by atoms with E-state index in [4.69, 9.17) is 0 Å². The fourth-order valence-electron chi connectivity index (χ4n) is 4.28. The van der Waals surface area contributed by atoms with E-state index in [9.17, 15) is 13.2 Å². The summed E-state index contributed by atoms with van der Waals surface area (Å²) >= 11 is 0. The van der Waals surface area contributed by atoms with Gasteiger partial charge < -0.3 is 10.2 Å². The van der Waals surface area contributed by atoms with Gasteiger partial charge in [0.05, 0.1) is 5.41 Å². The molecular formula is C17H30F4N2. The van der Waals surface area contributed by atoms with Crippen molar-refractivity contribution in [1.82, 2.24) is 10.2 Å². The monoisotopic (exact) mass is 338 g/mol. The van der Waals surface area contributed by atoms with Crippen LogP contribution in [0.25, 0.3) is 0 Å². The Bertz CT molecular complexity index is 413. The molecule has 2 saturated heterocycles. The van der Waals surface area contributed by atoms with E-state index in [2.05, 4.69) is 5.32 Å². The first kappa shape index (κ1) is 19.0. The van der Waals surface area contributed by atoms with Crippen LogP contribution in [0.1, 0.15) is 47.0 Å². The Kier molecular flexibility index (Phi) is 5.09. The molecular weight excluding hydrogens is 308 g/mol. The second kappa shape index (κ2) is 6.17. The van der Waals surface area contributed by atoms with Crippen molar-refractivity contribution in [3.8, 4) is 0 Å². The van der Waals surface area contributed by atoms with E-state index >= 15 is 4.39 Å². The molecule has 0 aromatic heterocycles. The molecule has 6 heteroatoms. The summed E-state index contributed by atoms with van der Waals surface area (Å²) in [7, 11) is 0. The molecule has 0 spiro atoms. The Morgan fingerprint density at radius 2 is 1.65 bits per heavy atom. The molecule has 2 aliphatic rings. The van der Waals surface area contributed by atoms with Gasteiger partial charge >= 0.3 is 6.18 Å². The molecule has 136 valence electrons. The van der Waals surface area contributed by atoms with Crippen LogP contribution in [0.15, 0.2) is 0 Å². The SMILES string of the molecule is CC(C)C1(C(F)(F)F)CCN(CC(C)(C)C2(F)CCNCC2)C1. The van der Waals surface area contributed by atoms with E-state index in [1.165, 1.54) is 0 Å². The first-order chi connectivity index (χ1) is 10.4. The Morgan fingerprint density at radius 3 is 2.09 bits per heavy atom. The number of alkyl halides is 4. The predicted octanol–water partition coefficient (Wildman–Crippen LogP) is 4.01. The van der Waals surface area contributed by atoms with Crippen LogP contribution in [0, 0.1) is 16.7 Å². The number of likely N-dealkylation sites (tertiary alicyclic amines) is 1. The van der Waals surface area contributed by atoms with Gasteiger partial charge in [0.2, 0.25) is 0 Å². The van der Waals surface area contributed by atoms with Crippen molar-refractivity contribution in [3.63, 3.8) is 0 Å². The second-order valence-electron chi connectivity index (χ2n) is 8.37. The molecule has 0 bridgehead atoms. The molecule has 0 amide bonds. The Balaban J connectivity index is 2.10. The van der Waals surface area contributed by atoms with E-state index < -0.39 is 28.6 Å². The first-order valence-electron chi connectivity index (χ1n) is 8.62. The average molecular weight is 338 g/mol. The summed E-state index contributed by atoms with van der Waals surface area (Å²) in [4.78, 5) is 1.83. The van der Waals surface area contributed by atoms with Gasteiger partial charge in [0.25, 0.3) is 0 Å². The summed E-state index contributed by atoms with van der Waals surface area (Å²) in [6.45, 7) is 9.06. The van der Waals surface area contributed by atoms with Gasteiger partial charge in [-0.2, -0.15) is 13.2 Å². The highest BCUT2D eigenvalue weighted by atomic mass is 19.4. The molecule has 0 aliphatic carbocycles. The molecule has 1 unspecified atom stereocenters. The quantitative estimate of drug-likeness (QED) is 0.779. The lowest BCUT2D eigenvalue weighted by Crippen LogP contribution is -2.53. The maximum atomic E-state index is 15.3. The van der Waals surface area contributed by atoms with Crippen LogP contribution in [0.5, 0.6) is 0 Å². The van der Waals surface area contributed by atoms with Crippen molar-refractivity contribution >= 4 is 0 Å². The van der Waals surface area contributed by atoms with Gasteiger partial charge in [-0.15, -0.1) is 0 Å². The molecule has 0 aromatic carbocycles. The molecule has 1 atom stereocenters. The molecule has 23 heavy (non-hydrogen) atoms. The molecule has 0 aromatic rings. The van der Waals surface area contributed by atoms with Crippen LogP contribution < -0.4 is 5.32 Å². The van der Waals surface area contributed by atoms with Gasteiger partial charge in [-0.3, -0.25) is 0 Å². The van der Waals surface area contributed by atoms with Gasteiger partial charge in [-0.05, 0) is 44.8 Å². The molecule has 0 radical (unpaired) electrons. The summed E-state index contributed by atoms with van der Waals surface area (Å²) in [5.74, 6) is -0.464. The number of nitrogens with zero attached hydrogens (tertiary/aromatic N) is 1. The van der Waals surface area contributed by atoms with Crippen LogP contribution >= 0.6 is 0 Å². The number of rotatable bonds is 4. The van der Waals surface area contributed by atoms with E-state index in [0.29, 0.717) is 39.0 Å².